The number of amides is 1. The molecule has 0 aliphatic heterocycles. The van der Waals surface area contributed by atoms with Gasteiger partial charge < -0.3 is 19.2 Å². The lowest BCUT2D eigenvalue weighted by Gasteiger charge is -2.11. The first kappa shape index (κ1) is 19.4. The van der Waals surface area contributed by atoms with Gasteiger partial charge >= 0.3 is 11.8 Å². The van der Waals surface area contributed by atoms with E-state index in [9.17, 15) is 4.79 Å². The van der Waals surface area contributed by atoms with Crippen LogP contribution in [0, 0.1) is 0 Å². The summed E-state index contributed by atoms with van der Waals surface area (Å²) in [6.07, 6.45) is 0.390. The molecule has 0 radical (unpaired) electrons. The van der Waals surface area contributed by atoms with Gasteiger partial charge in [0.1, 0.15) is 0 Å². The fourth-order valence-electron chi connectivity index (χ4n) is 2.80. The highest BCUT2D eigenvalue weighted by atomic mass is 16.5. The summed E-state index contributed by atoms with van der Waals surface area (Å²) in [5, 5.41) is 10.7. The molecule has 0 aliphatic carbocycles. The van der Waals surface area contributed by atoms with Crippen LogP contribution in [0.4, 0.5) is 0 Å². The third kappa shape index (κ3) is 4.68. The Kier molecular flexibility index (Phi) is 6.26. The van der Waals surface area contributed by atoms with Crippen molar-refractivity contribution < 1.29 is 18.7 Å². The molecule has 1 heterocycles. The summed E-state index contributed by atoms with van der Waals surface area (Å²) in [6, 6.07) is 15.5. The number of carbonyl (C=O) groups is 1. The topological polar surface area (TPSA) is 86.5 Å². The molecule has 0 unspecified atom stereocenters. The number of aromatic nitrogens is 2. The van der Waals surface area contributed by atoms with Crippen molar-refractivity contribution in [2.75, 3.05) is 20.8 Å². The molecule has 7 heteroatoms. The van der Waals surface area contributed by atoms with E-state index in [4.69, 9.17) is 13.9 Å². The number of nitrogens with one attached hydrogen (secondary N) is 1. The lowest BCUT2D eigenvalue weighted by atomic mass is 10.0. The van der Waals surface area contributed by atoms with E-state index in [-0.39, 0.29) is 17.7 Å². The minimum atomic E-state index is -0.381. The predicted octanol–water partition coefficient (Wildman–Crippen LogP) is 3.21. The van der Waals surface area contributed by atoms with E-state index in [2.05, 4.69) is 15.5 Å². The largest absolute Gasteiger partial charge is 0.493 e. The second-order valence-corrected chi connectivity index (χ2v) is 6.39. The molecule has 1 atom stereocenters. The SMILES string of the molecule is COc1ccc(Cc2nnc(C(=O)NC[C@H](C)c3ccccc3)o2)cc1OC. The van der Waals surface area contributed by atoms with Crippen molar-refractivity contribution >= 4 is 5.91 Å². The van der Waals surface area contributed by atoms with Gasteiger partial charge in [-0.2, -0.15) is 0 Å². The maximum atomic E-state index is 12.3. The van der Waals surface area contributed by atoms with Gasteiger partial charge in [0.05, 0.1) is 20.6 Å². The molecule has 0 spiro atoms. The van der Waals surface area contributed by atoms with Crippen LogP contribution in [0.3, 0.4) is 0 Å². The fourth-order valence-corrected chi connectivity index (χ4v) is 2.80. The first-order valence-corrected chi connectivity index (χ1v) is 8.97. The van der Waals surface area contributed by atoms with E-state index >= 15 is 0 Å². The van der Waals surface area contributed by atoms with Gasteiger partial charge in [-0.3, -0.25) is 4.79 Å². The Morgan fingerprint density at radius 2 is 1.82 bits per heavy atom. The second kappa shape index (κ2) is 9.03. The molecule has 3 rings (SSSR count). The van der Waals surface area contributed by atoms with Crippen molar-refractivity contribution in [2.24, 2.45) is 0 Å². The van der Waals surface area contributed by atoms with E-state index in [1.54, 1.807) is 14.2 Å². The van der Waals surface area contributed by atoms with E-state index in [0.29, 0.717) is 30.4 Å². The summed E-state index contributed by atoms with van der Waals surface area (Å²) >= 11 is 0. The predicted molar refractivity (Wildman–Crippen MR) is 104 cm³/mol. The minimum absolute atomic E-state index is 0.0456. The zero-order valence-electron chi connectivity index (χ0n) is 16.1. The molecule has 0 fully saturated rings. The number of methoxy groups -OCH3 is 2. The van der Waals surface area contributed by atoms with Crippen molar-refractivity contribution in [3.8, 4) is 11.5 Å². The van der Waals surface area contributed by atoms with Crippen molar-refractivity contribution in [3.63, 3.8) is 0 Å². The Morgan fingerprint density at radius 3 is 2.54 bits per heavy atom. The van der Waals surface area contributed by atoms with Gasteiger partial charge in [0.15, 0.2) is 11.5 Å². The zero-order valence-corrected chi connectivity index (χ0v) is 16.1. The fraction of sp³-hybridized carbons (Fsp3) is 0.286. The Morgan fingerprint density at radius 1 is 1.07 bits per heavy atom. The minimum Gasteiger partial charge on any atom is -0.493 e. The summed E-state index contributed by atoms with van der Waals surface area (Å²) in [6.45, 7) is 2.53. The molecule has 1 amide bonds. The second-order valence-electron chi connectivity index (χ2n) is 6.39. The van der Waals surface area contributed by atoms with Gasteiger partial charge in [0, 0.05) is 6.54 Å². The quantitative estimate of drug-likeness (QED) is 0.645. The van der Waals surface area contributed by atoms with Crippen LogP contribution in [0.15, 0.2) is 52.9 Å². The van der Waals surface area contributed by atoms with E-state index < -0.39 is 0 Å². The monoisotopic (exact) mass is 381 g/mol. The third-order valence-corrected chi connectivity index (χ3v) is 4.40. The van der Waals surface area contributed by atoms with Crippen molar-refractivity contribution in [3.05, 3.63) is 71.4 Å². The number of benzene rings is 2. The Balaban J connectivity index is 1.59. The normalized spacial score (nSPS) is 11.7. The summed E-state index contributed by atoms with van der Waals surface area (Å²) in [7, 11) is 3.16. The van der Waals surface area contributed by atoms with Crippen LogP contribution in [0.2, 0.25) is 0 Å². The van der Waals surface area contributed by atoms with Crippen LogP contribution in [0.5, 0.6) is 11.5 Å². The Hall–Kier alpha value is -3.35. The molecule has 7 nitrogen and oxygen atoms in total. The summed E-state index contributed by atoms with van der Waals surface area (Å²) in [4.78, 5) is 12.3. The first-order chi connectivity index (χ1) is 13.6. The van der Waals surface area contributed by atoms with Crippen molar-refractivity contribution in [2.45, 2.75) is 19.3 Å². The lowest BCUT2D eigenvalue weighted by molar-refractivity contribution is 0.0915. The van der Waals surface area contributed by atoms with E-state index in [1.165, 1.54) is 0 Å². The lowest BCUT2D eigenvalue weighted by Crippen LogP contribution is -2.27. The number of hydrogen-bond donors (Lipinski definition) is 1. The Bertz CT molecular complexity index is 924. The summed E-state index contributed by atoms with van der Waals surface area (Å²) in [5.41, 5.74) is 2.06. The molecule has 2 aromatic carbocycles. The maximum Gasteiger partial charge on any atom is 0.308 e. The number of rotatable bonds is 8. The number of ether oxygens (including phenoxy) is 2. The molecule has 0 bridgehead atoms. The molecule has 28 heavy (non-hydrogen) atoms. The average molecular weight is 381 g/mol. The van der Waals surface area contributed by atoms with Crippen molar-refractivity contribution in [1.82, 2.24) is 15.5 Å². The number of nitrogens with zero attached hydrogens (tertiary/aromatic N) is 2. The highest BCUT2D eigenvalue weighted by molar-refractivity contribution is 5.89. The molecule has 0 saturated carbocycles. The smallest absolute Gasteiger partial charge is 0.308 e. The molecular weight excluding hydrogens is 358 g/mol. The van der Waals surface area contributed by atoms with Gasteiger partial charge in [-0.15, -0.1) is 10.2 Å². The van der Waals surface area contributed by atoms with Gasteiger partial charge in [-0.05, 0) is 29.2 Å². The number of carbonyl (C=O) groups excluding carboxylic acids is 1. The molecular formula is C21H23N3O4. The van der Waals surface area contributed by atoms with Gasteiger partial charge in [0.25, 0.3) is 0 Å². The van der Waals surface area contributed by atoms with Crippen LogP contribution >= 0.6 is 0 Å². The highest BCUT2D eigenvalue weighted by Gasteiger charge is 2.17. The Labute approximate surface area is 163 Å². The van der Waals surface area contributed by atoms with E-state index in [1.807, 2.05) is 55.5 Å². The standard InChI is InChI=1S/C21H23N3O4/c1-14(16-7-5-4-6-8-16)13-22-20(25)21-24-23-19(28-21)12-15-9-10-17(26-2)18(11-15)27-3/h4-11,14H,12-13H2,1-3H3,(H,22,25)/t14-/m0/s1. The van der Waals surface area contributed by atoms with Crippen LogP contribution in [-0.2, 0) is 6.42 Å². The molecule has 146 valence electrons. The maximum absolute atomic E-state index is 12.3. The molecule has 1 aromatic heterocycles. The first-order valence-electron chi connectivity index (χ1n) is 8.97. The highest BCUT2D eigenvalue weighted by Crippen LogP contribution is 2.28. The molecule has 0 aliphatic rings. The van der Waals surface area contributed by atoms with Crippen LogP contribution in [-0.4, -0.2) is 36.9 Å². The van der Waals surface area contributed by atoms with E-state index in [0.717, 1.165) is 11.1 Å². The van der Waals surface area contributed by atoms with Gasteiger partial charge in [-0.1, -0.05) is 43.3 Å². The van der Waals surface area contributed by atoms with Crippen LogP contribution < -0.4 is 14.8 Å². The van der Waals surface area contributed by atoms with Crippen LogP contribution in [0.25, 0.3) is 0 Å². The molecule has 0 saturated heterocycles. The third-order valence-electron chi connectivity index (χ3n) is 4.40. The average Bonchev–Trinajstić information content (AvgIpc) is 3.20. The van der Waals surface area contributed by atoms with Crippen LogP contribution in [0.1, 0.15) is 40.5 Å². The van der Waals surface area contributed by atoms with Gasteiger partial charge in [0.2, 0.25) is 5.89 Å². The summed E-state index contributed by atoms with van der Waals surface area (Å²) in [5.74, 6) is 1.37. The van der Waals surface area contributed by atoms with Crippen molar-refractivity contribution in [1.29, 1.82) is 0 Å². The zero-order chi connectivity index (χ0) is 19.9. The van der Waals surface area contributed by atoms with Gasteiger partial charge in [-0.25, -0.2) is 0 Å². The summed E-state index contributed by atoms with van der Waals surface area (Å²) < 4.78 is 16.0. The molecule has 1 N–H and O–H groups in total. The number of hydrogen-bond acceptors (Lipinski definition) is 6. The molecule has 3 aromatic rings.